The van der Waals surface area contributed by atoms with Crippen LogP contribution in [-0.2, 0) is 0 Å². The molecule has 8 heteroatoms. The van der Waals surface area contributed by atoms with Crippen LogP contribution in [0.5, 0.6) is 17.2 Å². The topological polar surface area (TPSA) is 77.0 Å². The summed E-state index contributed by atoms with van der Waals surface area (Å²) >= 11 is 0. The summed E-state index contributed by atoms with van der Waals surface area (Å²) in [6.07, 6.45) is 2.12. The summed E-state index contributed by atoms with van der Waals surface area (Å²) in [6.45, 7) is 5.50. The van der Waals surface area contributed by atoms with Crippen molar-refractivity contribution >= 4 is 11.7 Å². The fourth-order valence-electron chi connectivity index (χ4n) is 3.99. The molecule has 1 aliphatic heterocycles. The molecule has 1 aliphatic rings. The summed E-state index contributed by atoms with van der Waals surface area (Å²) in [6, 6.07) is 17.0. The Morgan fingerprint density at radius 3 is 2.26 bits per heavy atom. The minimum absolute atomic E-state index is 0.0413. The maximum atomic E-state index is 12.9. The highest BCUT2D eigenvalue weighted by Gasteiger charge is 2.23. The number of hydrogen-bond acceptors (Lipinski definition) is 7. The normalized spacial score (nSPS) is 13.5. The number of methoxy groups -OCH3 is 2. The van der Waals surface area contributed by atoms with Gasteiger partial charge in [-0.05, 0) is 61.0 Å². The molecule has 1 aromatic heterocycles. The Morgan fingerprint density at radius 1 is 0.886 bits per heavy atom. The number of carbonyl (C=O) groups excluding carboxylic acids is 1. The average Bonchev–Trinajstić information content (AvgIpc) is 2.93. The number of ether oxygens (including phenoxy) is 3. The predicted octanol–water partition coefficient (Wildman–Crippen LogP) is 4.30. The van der Waals surface area contributed by atoms with Gasteiger partial charge in [0.25, 0.3) is 5.91 Å². The van der Waals surface area contributed by atoms with Crippen molar-refractivity contribution < 1.29 is 19.0 Å². The number of carbonyl (C=O) groups is 1. The first-order valence-corrected chi connectivity index (χ1v) is 12.0. The lowest BCUT2D eigenvalue weighted by molar-refractivity contribution is 0.0746. The standard InChI is InChI=1S/C27H32N4O4/c1-4-5-18-35-22-9-6-20(7-10-22)27(32)31-16-14-30(15-17-31)26-13-11-23(28-29-26)21-8-12-24(33-2)25(19-21)34-3/h6-13,19H,4-5,14-18H2,1-3H3. The van der Waals surface area contributed by atoms with Crippen LogP contribution in [0.4, 0.5) is 5.82 Å². The Kier molecular flexibility index (Phi) is 8.03. The molecule has 2 heterocycles. The highest BCUT2D eigenvalue weighted by molar-refractivity contribution is 5.94. The molecule has 0 spiro atoms. The third-order valence-electron chi connectivity index (χ3n) is 6.09. The van der Waals surface area contributed by atoms with Crippen molar-refractivity contribution in [1.29, 1.82) is 0 Å². The summed E-state index contributed by atoms with van der Waals surface area (Å²) in [5.41, 5.74) is 2.34. The van der Waals surface area contributed by atoms with Gasteiger partial charge < -0.3 is 24.0 Å². The van der Waals surface area contributed by atoms with Gasteiger partial charge in [0, 0.05) is 37.3 Å². The van der Waals surface area contributed by atoms with Crippen LogP contribution in [-0.4, -0.2) is 68.0 Å². The van der Waals surface area contributed by atoms with Crippen LogP contribution in [0.1, 0.15) is 30.1 Å². The molecule has 0 aliphatic carbocycles. The summed E-state index contributed by atoms with van der Waals surface area (Å²) in [7, 11) is 3.22. The molecule has 0 N–H and O–H groups in total. The van der Waals surface area contributed by atoms with Crippen molar-refractivity contribution in [2.75, 3.05) is 51.9 Å². The SMILES string of the molecule is CCCCOc1ccc(C(=O)N2CCN(c3ccc(-c4ccc(OC)c(OC)c4)nn3)CC2)cc1. The zero-order valence-corrected chi connectivity index (χ0v) is 20.6. The first-order chi connectivity index (χ1) is 17.1. The maximum Gasteiger partial charge on any atom is 0.253 e. The number of aromatic nitrogens is 2. The molecule has 2 aromatic carbocycles. The second kappa shape index (κ2) is 11.6. The minimum Gasteiger partial charge on any atom is -0.494 e. The molecule has 0 radical (unpaired) electrons. The number of benzene rings is 2. The van der Waals surface area contributed by atoms with Crippen molar-refractivity contribution in [2.45, 2.75) is 19.8 Å². The van der Waals surface area contributed by atoms with E-state index < -0.39 is 0 Å². The molecule has 1 saturated heterocycles. The van der Waals surface area contributed by atoms with Crippen LogP contribution in [0.2, 0.25) is 0 Å². The molecule has 4 rings (SSSR count). The molecular weight excluding hydrogens is 444 g/mol. The number of unbranched alkanes of at least 4 members (excludes halogenated alkanes) is 1. The van der Waals surface area contributed by atoms with Crippen LogP contribution >= 0.6 is 0 Å². The van der Waals surface area contributed by atoms with Crippen molar-refractivity contribution in [3.05, 3.63) is 60.2 Å². The summed E-state index contributed by atoms with van der Waals surface area (Å²) in [5, 5.41) is 8.84. The van der Waals surface area contributed by atoms with Crippen LogP contribution in [0.15, 0.2) is 54.6 Å². The van der Waals surface area contributed by atoms with Crippen molar-refractivity contribution in [3.63, 3.8) is 0 Å². The number of piperazine rings is 1. The van der Waals surface area contributed by atoms with Gasteiger partial charge >= 0.3 is 0 Å². The highest BCUT2D eigenvalue weighted by atomic mass is 16.5. The monoisotopic (exact) mass is 476 g/mol. The average molecular weight is 477 g/mol. The van der Waals surface area contributed by atoms with Gasteiger partial charge in [0.2, 0.25) is 0 Å². The highest BCUT2D eigenvalue weighted by Crippen LogP contribution is 2.31. The van der Waals surface area contributed by atoms with Crippen molar-refractivity contribution in [2.24, 2.45) is 0 Å². The van der Waals surface area contributed by atoms with E-state index in [-0.39, 0.29) is 5.91 Å². The van der Waals surface area contributed by atoms with E-state index >= 15 is 0 Å². The number of hydrogen-bond donors (Lipinski definition) is 0. The minimum atomic E-state index is 0.0413. The Balaban J connectivity index is 1.33. The molecule has 1 amide bonds. The van der Waals surface area contributed by atoms with Gasteiger partial charge in [-0.2, -0.15) is 0 Å². The van der Waals surface area contributed by atoms with Crippen LogP contribution < -0.4 is 19.1 Å². The number of amides is 1. The second-order valence-electron chi connectivity index (χ2n) is 8.35. The van der Waals surface area contributed by atoms with E-state index in [0.29, 0.717) is 49.8 Å². The fourth-order valence-corrected chi connectivity index (χ4v) is 3.99. The lowest BCUT2D eigenvalue weighted by atomic mass is 10.1. The third kappa shape index (κ3) is 5.82. The van der Waals surface area contributed by atoms with E-state index in [1.54, 1.807) is 14.2 Å². The van der Waals surface area contributed by atoms with Gasteiger partial charge in [-0.3, -0.25) is 4.79 Å². The van der Waals surface area contributed by atoms with E-state index in [4.69, 9.17) is 14.2 Å². The first kappa shape index (κ1) is 24.3. The van der Waals surface area contributed by atoms with E-state index in [1.165, 1.54) is 0 Å². The van der Waals surface area contributed by atoms with Crippen LogP contribution in [0.25, 0.3) is 11.3 Å². The van der Waals surface area contributed by atoms with E-state index in [2.05, 4.69) is 22.0 Å². The summed E-state index contributed by atoms with van der Waals surface area (Å²) < 4.78 is 16.4. The second-order valence-corrected chi connectivity index (χ2v) is 8.35. The molecule has 0 saturated carbocycles. The Morgan fingerprint density at radius 2 is 1.63 bits per heavy atom. The third-order valence-corrected chi connectivity index (χ3v) is 6.09. The molecule has 35 heavy (non-hydrogen) atoms. The van der Waals surface area contributed by atoms with Gasteiger partial charge in [0.05, 0.1) is 26.5 Å². The summed E-state index contributed by atoms with van der Waals surface area (Å²) in [5.74, 6) is 2.96. The first-order valence-electron chi connectivity index (χ1n) is 12.0. The fraction of sp³-hybridized carbons (Fsp3) is 0.370. The van der Waals surface area contributed by atoms with Gasteiger partial charge in [0.1, 0.15) is 5.75 Å². The van der Waals surface area contributed by atoms with Gasteiger partial charge in [-0.15, -0.1) is 10.2 Å². The molecule has 184 valence electrons. The quantitative estimate of drug-likeness (QED) is 0.426. The van der Waals surface area contributed by atoms with Crippen molar-refractivity contribution in [1.82, 2.24) is 15.1 Å². The molecule has 0 bridgehead atoms. The van der Waals surface area contributed by atoms with Gasteiger partial charge in [-0.25, -0.2) is 0 Å². The Bertz CT molecular complexity index is 1110. The summed E-state index contributed by atoms with van der Waals surface area (Å²) in [4.78, 5) is 17.0. The largest absolute Gasteiger partial charge is 0.494 e. The molecule has 0 unspecified atom stereocenters. The predicted molar refractivity (Wildman–Crippen MR) is 136 cm³/mol. The molecule has 3 aromatic rings. The number of rotatable bonds is 9. The Hall–Kier alpha value is -3.81. The zero-order valence-electron chi connectivity index (χ0n) is 20.6. The molecular formula is C27H32N4O4. The van der Waals surface area contributed by atoms with Crippen molar-refractivity contribution in [3.8, 4) is 28.5 Å². The van der Waals surface area contributed by atoms with Gasteiger partial charge in [-0.1, -0.05) is 13.3 Å². The number of nitrogens with zero attached hydrogens (tertiary/aromatic N) is 4. The van der Waals surface area contributed by atoms with Crippen LogP contribution in [0, 0.1) is 0 Å². The van der Waals surface area contributed by atoms with E-state index in [0.717, 1.165) is 35.7 Å². The smallest absolute Gasteiger partial charge is 0.253 e. The lowest BCUT2D eigenvalue weighted by Gasteiger charge is -2.35. The number of anilines is 1. The maximum absolute atomic E-state index is 12.9. The van der Waals surface area contributed by atoms with Gasteiger partial charge in [0.15, 0.2) is 17.3 Å². The molecule has 8 nitrogen and oxygen atoms in total. The van der Waals surface area contributed by atoms with E-state index in [1.807, 2.05) is 59.5 Å². The Labute approximate surface area is 206 Å². The lowest BCUT2D eigenvalue weighted by Crippen LogP contribution is -2.49. The van der Waals surface area contributed by atoms with Crippen LogP contribution in [0.3, 0.4) is 0 Å². The van der Waals surface area contributed by atoms with E-state index in [9.17, 15) is 4.79 Å². The molecule has 1 fully saturated rings. The molecule has 0 atom stereocenters. The zero-order chi connectivity index (χ0) is 24.6.